The third-order valence-corrected chi connectivity index (χ3v) is 5.61. The van der Waals surface area contributed by atoms with E-state index in [9.17, 15) is 9.90 Å². The Hall–Kier alpha value is -0.780. The molecule has 1 saturated carbocycles. The lowest BCUT2D eigenvalue weighted by atomic mass is 9.91. The molecule has 0 aromatic heterocycles. The maximum atomic E-state index is 12.7. The molecule has 1 aromatic carbocycles. The van der Waals surface area contributed by atoms with Gasteiger partial charge in [0.05, 0.1) is 22.7 Å². The van der Waals surface area contributed by atoms with Crippen molar-refractivity contribution in [1.29, 1.82) is 0 Å². The molecule has 1 fully saturated rings. The van der Waals surface area contributed by atoms with Gasteiger partial charge in [-0.15, -0.1) is 0 Å². The van der Waals surface area contributed by atoms with Crippen LogP contribution in [0.2, 0.25) is 5.02 Å². The Kier molecular flexibility index (Phi) is 4.17. The molecule has 0 radical (unpaired) electrons. The van der Waals surface area contributed by atoms with E-state index in [1.807, 2.05) is 6.92 Å². The number of hydrogen-bond acceptors (Lipinski definition) is 3. The zero-order valence-electron chi connectivity index (χ0n) is 11.7. The zero-order chi connectivity index (χ0) is 15.1. The summed E-state index contributed by atoms with van der Waals surface area (Å²) in [6.45, 7) is 2.02. The van der Waals surface area contributed by atoms with Crippen LogP contribution in [0.1, 0.15) is 41.6 Å². The van der Waals surface area contributed by atoms with Gasteiger partial charge in [0.2, 0.25) is 0 Å². The summed E-state index contributed by atoms with van der Waals surface area (Å²) >= 11 is 9.69. The highest BCUT2D eigenvalue weighted by atomic mass is 79.9. The van der Waals surface area contributed by atoms with Crippen molar-refractivity contribution in [2.75, 3.05) is 6.73 Å². The lowest BCUT2D eigenvalue weighted by Crippen LogP contribution is -2.51. The van der Waals surface area contributed by atoms with Crippen LogP contribution < -0.4 is 4.74 Å². The molecule has 1 aromatic rings. The standard InChI is InChI=1S/C15H17BrClNO3/c1-8-10(16)6-9-14(13(8)17)21-7-18(15(9)20)11-4-2-3-5-12(11)19/h6,11-12,19H,2-5,7H2,1H3/t11-,12-/m0/s1. The number of halogens is 2. The van der Waals surface area contributed by atoms with Gasteiger partial charge in [-0.2, -0.15) is 0 Å². The van der Waals surface area contributed by atoms with Crippen molar-refractivity contribution in [3.8, 4) is 5.75 Å². The van der Waals surface area contributed by atoms with E-state index in [-0.39, 0.29) is 18.7 Å². The van der Waals surface area contributed by atoms with Crippen LogP contribution in [0, 0.1) is 6.92 Å². The summed E-state index contributed by atoms with van der Waals surface area (Å²) in [5.74, 6) is 0.328. The van der Waals surface area contributed by atoms with Gasteiger partial charge < -0.3 is 9.84 Å². The van der Waals surface area contributed by atoms with Crippen LogP contribution in [0.15, 0.2) is 10.5 Å². The van der Waals surface area contributed by atoms with Gasteiger partial charge in [-0.1, -0.05) is 40.4 Å². The predicted octanol–water partition coefficient (Wildman–Crippen LogP) is 3.51. The Morgan fingerprint density at radius 2 is 2.14 bits per heavy atom. The van der Waals surface area contributed by atoms with Crippen LogP contribution in [0.25, 0.3) is 0 Å². The SMILES string of the molecule is Cc1c(Br)cc2c(c1Cl)OCN([C@H]1CCCC[C@@H]1O)C2=O. The Morgan fingerprint density at radius 3 is 2.86 bits per heavy atom. The summed E-state index contributed by atoms with van der Waals surface area (Å²) in [6, 6.07) is 1.58. The third kappa shape index (κ3) is 2.56. The normalized spacial score (nSPS) is 25.5. The summed E-state index contributed by atoms with van der Waals surface area (Å²) in [5, 5.41) is 10.6. The molecule has 3 rings (SSSR count). The first-order chi connectivity index (χ1) is 10.0. The van der Waals surface area contributed by atoms with Crippen LogP contribution in [0.5, 0.6) is 5.75 Å². The molecular formula is C15H17BrClNO3. The highest BCUT2D eigenvalue weighted by molar-refractivity contribution is 9.10. The van der Waals surface area contributed by atoms with E-state index < -0.39 is 6.10 Å². The summed E-state index contributed by atoms with van der Waals surface area (Å²) in [4.78, 5) is 14.4. The van der Waals surface area contributed by atoms with E-state index in [1.54, 1.807) is 11.0 Å². The van der Waals surface area contributed by atoms with Gasteiger partial charge in [0.25, 0.3) is 5.91 Å². The van der Waals surface area contributed by atoms with Crippen molar-refractivity contribution in [2.45, 2.75) is 44.8 Å². The number of nitrogens with zero attached hydrogens (tertiary/aromatic N) is 1. The molecule has 1 N–H and O–H groups in total. The molecule has 6 heteroatoms. The maximum Gasteiger partial charge on any atom is 0.260 e. The molecule has 2 atom stereocenters. The summed E-state index contributed by atoms with van der Waals surface area (Å²) < 4.78 is 6.50. The van der Waals surface area contributed by atoms with E-state index >= 15 is 0 Å². The number of aliphatic hydroxyl groups excluding tert-OH is 1. The van der Waals surface area contributed by atoms with E-state index in [4.69, 9.17) is 16.3 Å². The van der Waals surface area contributed by atoms with Gasteiger partial charge in [0.15, 0.2) is 12.5 Å². The summed E-state index contributed by atoms with van der Waals surface area (Å²) in [7, 11) is 0. The molecular weight excluding hydrogens is 358 g/mol. The molecule has 1 amide bonds. The maximum absolute atomic E-state index is 12.7. The molecule has 1 heterocycles. The molecule has 21 heavy (non-hydrogen) atoms. The fraction of sp³-hybridized carbons (Fsp3) is 0.533. The highest BCUT2D eigenvalue weighted by Crippen LogP contribution is 2.40. The Balaban J connectivity index is 1.95. The minimum absolute atomic E-state index is 0.121. The molecule has 0 unspecified atom stereocenters. The second-order valence-corrected chi connectivity index (χ2v) is 6.87. The molecule has 1 aliphatic heterocycles. The predicted molar refractivity (Wildman–Crippen MR) is 83.8 cm³/mol. The third-order valence-electron chi connectivity index (χ3n) is 4.34. The van der Waals surface area contributed by atoms with E-state index in [0.29, 0.717) is 16.3 Å². The number of ether oxygens (including phenoxy) is 1. The first-order valence-electron chi connectivity index (χ1n) is 7.11. The van der Waals surface area contributed by atoms with E-state index in [0.717, 1.165) is 35.7 Å². The zero-order valence-corrected chi connectivity index (χ0v) is 14.1. The number of hydrogen-bond donors (Lipinski definition) is 1. The molecule has 0 saturated heterocycles. The second kappa shape index (κ2) is 5.78. The number of benzene rings is 1. The van der Waals surface area contributed by atoms with Gasteiger partial charge in [0.1, 0.15) is 0 Å². The van der Waals surface area contributed by atoms with E-state index in [1.165, 1.54) is 0 Å². The van der Waals surface area contributed by atoms with Gasteiger partial charge in [-0.25, -0.2) is 0 Å². The lowest BCUT2D eigenvalue weighted by Gasteiger charge is -2.40. The van der Waals surface area contributed by atoms with Crippen LogP contribution >= 0.6 is 27.5 Å². The van der Waals surface area contributed by atoms with Crippen LogP contribution in [-0.4, -0.2) is 34.8 Å². The van der Waals surface area contributed by atoms with Crippen molar-refractivity contribution in [1.82, 2.24) is 4.90 Å². The summed E-state index contributed by atoms with van der Waals surface area (Å²) in [5.41, 5.74) is 1.32. The second-order valence-electron chi connectivity index (χ2n) is 5.64. The molecule has 4 nitrogen and oxygen atoms in total. The van der Waals surface area contributed by atoms with Gasteiger partial charge in [0, 0.05) is 4.47 Å². The number of rotatable bonds is 1. The van der Waals surface area contributed by atoms with Crippen LogP contribution in [-0.2, 0) is 0 Å². The number of amides is 1. The topological polar surface area (TPSA) is 49.8 Å². The quantitative estimate of drug-likeness (QED) is 0.818. The van der Waals surface area contributed by atoms with Gasteiger partial charge in [-0.3, -0.25) is 9.69 Å². The van der Waals surface area contributed by atoms with Crippen LogP contribution in [0.3, 0.4) is 0 Å². The largest absolute Gasteiger partial charge is 0.471 e. The van der Waals surface area contributed by atoms with Gasteiger partial charge >= 0.3 is 0 Å². The van der Waals surface area contributed by atoms with Crippen molar-refractivity contribution in [3.05, 3.63) is 26.7 Å². The van der Waals surface area contributed by atoms with Crippen molar-refractivity contribution < 1.29 is 14.6 Å². The first-order valence-corrected chi connectivity index (χ1v) is 8.28. The van der Waals surface area contributed by atoms with E-state index in [2.05, 4.69) is 15.9 Å². The van der Waals surface area contributed by atoms with Crippen molar-refractivity contribution in [2.24, 2.45) is 0 Å². The van der Waals surface area contributed by atoms with Crippen LogP contribution in [0.4, 0.5) is 0 Å². The molecule has 0 spiro atoms. The molecule has 0 bridgehead atoms. The van der Waals surface area contributed by atoms with Crippen molar-refractivity contribution in [3.63, 3.8) is 0 Å². The average Bonchev–Trinajstić information content (AvgIpc) is 2.47. The monoisotopic (exact) mass is 373 g/mol. The number of carbonyl (C=O) groups excluding carboxylic acids is 1. The molecule has 1 aliphatic carbocycles. The number of fused-ring (bicyclic) bond motifs is 1. The first kappa shape index (κ1) is 15.1. The average molecular weight is 375 g/mol. The minimum atomic E-state index is -0.475. The number of carbonyl (C=O) groups is 1. The Morgan fingerprint density at radius 1 is 1.43 bits per heavy atom. The fourth-order valence-electron chi connectivity index (χ4n) is 3.04. The Bertz CT molecular complexity index is 593. The lowest BCUT2D eigenvalue weighted by molar-refractivity contribution is -0.0124. The number of aliphatic hydroxyl groups is 1. The Labute approximate surface area is 137 Å². The fourth-order valence-corrected chi connectivity index (χ4v) is 3.84. The smallest absolute Gasteiger partial charge is 0.260 e. The summed E-state index contributed by atoms with van der Waals surface area (Å²) in [6.07, 6.45) is 3.10. The minimum Gasteiger partial charge on any atom is -0.471 e. The van der Waals surface area contributed by atoms with Gasteiger partial charge in [-0.05, 0) is 31.4 Å². The van der Waals surface area contributed by atoms with Crippen molar-refractivity contribution >= 4 is 33.4 Å². The highest BCUT2D eigenvalue weighted by Gasteiger charge is 2.37. The molecule has 114 valence electrons. The molecule has 2 aliphatic rings.